The zero-order chi connectivity index (χ0) is 11.0. The Kier molecular flexibility index (Phi) is 2.80. The summed E-state index contributed by atoms with van der Waals surface area (Å²) in [5.41, 5.74) is -1.57. The molecule has 0 heterocycles. The van der Waals surface area contributed by atoms with Crippen LogP contribution in [-0.4, -0.2) is 12.1 Å². The third kappa shape index (κ3) is 1.39. The van der Waals surface area contributed by atoms with Gasteiger partial charge >= 0.3 is 0 Å². The maximum Gasteiger partial charge on any atom is 0.294 e. The van der Waals surface area contributed by atoms with Gasteiger partial charge in [-0.3, -0.25) is 4.79 Å². The van der Waals surface area contributed by atoms with Crippen molar-refractivity contribution in [1.82, 2.24) is 0 Å². The standard InChI is InChI=1S/C9H9Cl2NO2/c1-8(2)6(3-7(10)11)9(8,4-12)14-5-13/h3,5-6H,1-2H3. The summed E-state index contributed by atoms with van der Waals surface area (Å²) in [5, 5.41) is 8.96. The van der Waals surface area contributed by atoms with Crippen molar-refractivity contribution in [2.45, 2.75) is 19.4 Å². The number of carbonyl (C=O) groups excluding carboxylic acids is 1. The molecule has 0 aliphatic heterocycles. The Morgan fingerprint density at radius 1 is 1.57 bits per heavy atom. The van der Waals surface area contributed by atoms with Gasteiger partial charge in [-0.15, -0.1) is 0 Å². The minimum absolute atomic E-state index is 0.0784. The summed E-state index contributed by atoms with van der Waals surface area (Å²) in [5.74, 6) is -0.254. The first-order valence-electron chi connectivity index (χ1n) is 3.98. The normalized spacial score (nSPS) is 32.6. The molecule has 76 valence electrons. The van der Waals surface area contributed by atoms with E-state index in [2.05, 4.69) is 0 Å². The SMILES string of the molecule is CC1(C)C(C=C(Cl)Cl)C1(C#N)OC=O. The summed E-state index contributed by atoms with van der Waals surface area (Å²) in [7, 11) is 0. The first-order chi connectivity index (χ1) is 6.42. The van der Waals surface area contributed by atoms with Gasteiger partial charge in [0, 0.05) is 11.3 Å². The first kappa shape index (κ1) is 11.4. The maximum atomic E-state index is 10.3. The molecule has 0 bridgehead atoms. The first-order valence-corrected chi connectivity index (χ1v) is 4.73. The van der Waals surface area contributed by atoms with Gasteiger partial charge in [0.15, 0.2) is 0 Å². The van der Waals surface area contributed by atoms with E-state index in [4.69, 9.17) is 33.2 Å². The second-order valence-electron chi connectivity index (χ2n) is 3.72. The summed E-state index contributed by atoms with van der Waals surface area (Å²) in [4.78, 5) is 10.3. The second-order valence-corrected chi connectivity index (χ2v) is 4.73. The lowest BCUT2D eigenvalue weighted by atomic mass is 10.1. The molecule has 1 saturated carbocycles. The molecule has 5 heteroatoms. The third-order valence-corrected chi connectivity index (χ3v) is 3.03. The lowest BCUT2D eigenvalue weighted by molar-refractivity contribution is -0.134. The zero-order valence-electron chi connectivity index (χ0n) is 7.75. The van der Waals surface area contributed by atoms with Crippen molar-refractivity contribution in [3.8, 4) is 6.07 Å². The molecule has 0 N–H and O–H groups in total. The fraction of sp³-hybridized carbons (Fsp3) is 0.556. The van der Waals surface area contributed by atoms with E-state index < -0.39 is 11.0 Å². The minimum Gasteiger partial charge on any atom is -0.445 e. The number of carbonyl (C=O) groups is 1. The van der Waals surface area contributed by atoms with Crippen LogP contribution in [0.2, 0.25) is 0 Å². The van der Waals surface area contributed by atoms with Gasteiger partial charge in [0.05, 0.1) is 0 Å². The van der Waals surface area contributed by atoms with Crippen LogP contribution in [0.1, 0.15) is 13.8 Å². The number of rotatable bonds is 3. The van der Waals surface area contributed by atoms with Crippen LogP contribution < -0.4 is 0 Å². The van der Waals surface area contributed by atoms with Crippen molar-refractivity contribution >= 4 is 29.7 Å². The Morgan fingerprint density at radius 2 is 2.14 bits per heavy atom. The van der Waals surface area contributed by atoms with E-state index in [-0.39, 0.29) is 16.9 Å². The van der Waals surface area contributed by atoms with E-state index in [1.165, 1.54) is 6.08 Å². The number of hydrogen-bond donors (Lipinski definition) is 0. The number of hydrogen-bond acceptors (Lipinski definition) is 3. The Labute approximate surface area is 92.2 Å². The maximum absolute atomic E-state index is 10.3. The highest BCUT2D eigenvalue weighted by Gasteiger charge is 2.74. The van der Waals surface area contributed by atoms with E-state index in [0.717, 1.165) is 0 Å². The van der Waals surface area contributed by atoms with Crippen LogP contribution in [0.5, 0.6) is 0 Å². The van der Waals surface area contributed by atoms with Crippen molar-refractivity contribution in [1.29, 1.82) is 5.26 Å². The van der Waals surface area contributed by atoms with Gasteiger partial charge in [-0.25, -0.2) is 0 Å². The topological polar surface area (TPSA) is 50.1 Å². The summed E-state index contributed by atoms with van der Waals surface area (Å²) < 4.78 is 4.89. The second kappa shape index (κ2) is 3.45. The highest BCUT2D eigenvalue weighted by Crippen LogP contribution is 2.64. The molecule has 0 aromatic carbocycles. The van der Waals surface area contributed by atoms with Crippen molar-refractivity contribution in [2.75, 3.05) is 0 Å². The van der Waals surface area contributed by atoms with E-state index >= 15 is 0 Å². The monoisotopic (exact) mass is 233 g/mol. The molecular formula is C9H9Cl2NO2. The van der Waals surface area contributed by atoms with Crippen LogP contribution >= 0.6 is 23.2 Å². The van der Waals surface area contributed by atoms with Gasteiger partial charge in [-0.05, 0) is 6.08 Å². The highest BCUT2D eigenvalue weighted by molar-refractivity contribution is 6.55. The van der Waals surface area contributed by atoms with Crippen molar-refractivity contribution in [3.05, 3.63) is 10.6 Å². The van der Waals surface area contributed by atoms with E-state index in [1.807, 2.05) is 19.9 Å². The minimum atomic E-state index is -1.12. The quantitative estimate of drug-likeness (QED) is 0.704. The predicted octanol–water partition coefficient (Wildman–Crippen LogP) is 2.40. The molecule has 1 aliphatic carbocycles. The van der Waals surface area contributed by atoms with E-state index in [1.54, 1.807) is 0 Å². The molecule has 0 aromatic rings. The van der Waals surface area contributed by atoms with Crippen LogP contribution in [0, 0.1) is 22.7 Å². The molecule has 2 unspecified atom stereocenters. The molecule has 1 rings (SSSR count). The van der Waals surface area contributed by atoms with Crippen molar-refractivity contribution in [2.24, 2.45) is 11.3 Å². The molecule has 3 nitrogen and oxygen atoms in total. The molecule has 14 heavy (non-hydrogen) atoms. The number of ether oxygens (including phenoxy) is 1. The van der Waals surface area contributed by atoms with Crippen molar-refractivity contribution < 1.29 is 9.53 Å². The Morgan fingerprint density at radius 3 is 2.50 bits per heavy atom. The molecule has 0 saturated heterocycles. The van der Waals surface area contributed by atoms with Gasteiger partial charge < -0.3 is 4.74 Å². The van der Waals surface area contributed by atoms with Gasteiger partial charge in [0.1, 0.15) is 10.6 Å². The predicted molar refractivity (Wildman–Crippen MR) is 52.6 cm³/mol. The van der Waals surface area contributed by atoms with Crippen molar-refractivity contribution in [3.63, 3.8) is 0 Å². The smallest absolute Gasteiger partial charge is 0.294 e. The van der Waals surface area contributed by atoms with Gasteiger partial charge in [-0.1, -0.05) is 37.0 Å². The van der Waals surface area contributed by atoms with Crippen LogP contribution in [0.3, 0.4) is 0 Å². The van der Waals surface area contributed by atoms with Gasteiger partial charge in [-0.2, -0.15) is 5.26 Å². The van der Waals surface area contributed by atoms with Gasteiger partial charge in [0.25, 0.3) is 6.47 Å². The average Bonchev–Trinajstić information content (AvgIpc) is 2.51. The zero-order valence-corrected chi connectivity index (χ0v) is 9.26. The summed E-state index contributed by atoms with van der Waals surface area (Å²) >= 11 is 11.0. The largest absolute Gasteiger partial charge is 0.445 e. The number of nitrogens with zero attached hydrogens (tertiary/aromatic N) is 1. The lowest BCUT2D eigenvalue weighted by Crippen LogP contribution is -2.18. The molecule has 0 aromatic heterocycles. The average molecular weight is 234 g/mol. The molecular weight excluding hydrogens is 225 g/mol. The molecule has 0 radical (unpaired) electrons. The molecule has 0 amide bonds. The van der Waals surface area contributed by atoms with Crippen LogP contribution in [-0.2, 0) is 9.53 Å². The Bertz CT molecular complexity index is 328. The molecule has 2 atom stereocenters. The summed E-state index contributed by atoms with van der Waals surface area (Å²) in [6.45, 7) is 3.91. The van der Waals surface area contributed by atoms with Crippen LogP contribution in [0.15, 0.2) is 10.6 Å². The number of halogens is 2. The highest BCUT2D eigenvalue weighted by atomic mass is 35.5. The fourth-order valence-corrected chi connectivity index (χ4v) is 2.01. The third-order valence-electron chi connectivity index (χ3n) is 2.78. The lowest BCUT2D eigenvalue weighted by Gasteiger charge is -2.07. The van der Waals surface area contributed by atoms with Crippen LogP contribution in [0.4, 0.5) is 0 Å². The number of nitriles is 1. The molecule has 1 fully saturated rings. The van der Waals surface area contributed by atoms with E-state index in [9.17, 15) is 4.79 Å². The molecule has 1 aliphatic rings. The van der Waals surface area contributed by atoms with E-state index in [0.29, 0.717) is 0 Å². The Hall–Kier alpha value is -0.720. The Balaban J connectivity index is 2.98. The summed E-state index contributed by atoms with van der Waals surface area (Å²) in [6.07, 6.45) is 1.52. The van der Waals surface area contributed by atoms with Gasteiger partial charge in [0.2, 0.25) is 5.60 Å². The van der Waals surface area contributed by atoms with Crippen LogP contribution in [0.25, 0.3) is 0 Å². The summed E-state index contributed by atoms with van der Waals surface area (Å²) in [6, 6.07) is 1.98. The fourth-order valence-electron chi connectivity index (χ4n) is 1.76. The molecule has 0 spiro atoms.